The van der Waals surface area contributed by atoms with Gasteiger partial charge in [0.15, 0.2) is 0 Å². The summed E-state index contributed by atoms with van der Waals surface area (Å²) in [4.78, 5) is 47.2. The first-order chi connectivity index (χ1) is 31.7. The zero-order valence-electron chi connectivity index (χ0n) is 35.4. The number of alkyl halides is 1. The van der Waals surface area contributed by atoms with E-state index in [0.29, 0.717) is 46.0 Å². The van der Waals surface area contributed by atoms with Crippen LogP contribution in [-0.4, -0.2) is 69.2 Å². The zero-order valence-corrected chi connectivity index (χ0v) is 39.0. The van der Waals surface area contributed by atoms with Crippen molar-refractivity contribution >= 4 is 91.3 Å². The van der Waals surface area contributed by atoms with Crippen LogP contribution >= 0.6 is 45.8 Å². The molecular formula is C52H55Cl2IN8O4. The minimum Gasteiger partial charge on any atom is -0.396 e. The predicted molar refractivity (Wildman–Crippen MR) is 279 cm³/mol. The van der Waals surface area contributed by atoms with Crippen LogP contribution in [0.1, 0.15) is 96.9 Å². The van der Waals surface area contributed by atoms with E-state index >= 15 is 0 Å². The Morgan fingerprint density at radius 3 is 1.64 bits per heavy atom. The summed E-state index contributed by atoms with van der Waals surface area (Å²) in [7, 11) is 0. The highest BCUT2D eigenvalue weighted by atomic mass is 127. The van der Waals surface area contributed by atoms with Crippen LogP contribution in [0.15, 0.2) is 134 Å². The third-order valence-corrected chi connectivity index (χ3v) is 13.0. The first-order valence-corrected chi connectivity index (χ1v) is 23.7. The van der Waals surface area contributed by atoms with Crippen LogP contribution in [0, 0.1) is 0 Å². The molecule has 67 heavy (non-hydrogen) atoms. The van der Waals surface area contributed by atoms with Crippen LogP contribution in [0.25, 0.3) is 22.1 Å². The molecule has 0 spiro atoms. The predicted octanol–water partition coefficient (Wildman–Crippen LogP) is 11.8. The second-order valence-electron chi connectivity index (χ2n) is 16.0. The number of hydrogen-bond acceptors (Lipinski definition) is 8. The Kier molecular flexibility index (Phi) is 17.3. The number of H-pyrrole nitrogens is 1. The molecule has 10 rings (SSSR count). The number of nitrogens with one attached hydrogen (secondary N) is 3. The fourth-order valence-corrected chi connectivity index (χ4v) is 8.83. The molecule has 0 bridgehead atoms. The first kappa shape index (κ1) is 50.7. The number of pyridine rings is 2. The summed E-state index contributed by atoms with van der Waals surface area (Å²) in [6.45, 7) is 0.857. The number of anilines is 2. The largest absolute Gasteiger partial charge is 0.396 e. The molecule has 2 aliphatic carbocycles. The van der Waals surface area contributed by atoms with Gasteiger partial charge >= 0.3 is 0 Å². The Balaban J connectivity index is 0.000000200. The SMILES string of the molecule is C.C.O=C(Nc1ccc(C2(c3nc4ccccc4[nH]3)CCC2)cn1)c1cccc(Cl)c1.O=C(Nc1ccc(C2(c3nc4ccccc4n3CCO)CCC2)cn1)c1cccc(Cl)c1.OCCI. The normalized spacial score (nSPS) is 14.0. The average molecular weight is 1050 g/mol. The van der Waals surface area contributed by atoms with Crippen LogP contribution < -0.4 is 10.6 Å². The fraction of sp³-hybridized carbons (Fsp3) is 0.269. The quantitative estimate of drug-likeness (QED) is 0.0629. The lowest BCUT2D eigenvalue weighted by Gasteiger charge is -2.41. The van der Waals surface area contributed by atoms with E-state index in [0.717, 1.165) is 87.8 Å². The summed E-state index contributed by atoms with van der Waals surface area (Å²) in [6, 6.07) is 37.5. The number of rotatable bonds is 11. The van der Waals surface area contributed by atoms with Crippen molar-refractivity contribution in [1.82, 2.24) is 29.5 Å². The van der Waals surface area contributed by atoms with Gasteiger partial charge in [0.25, 0.3) is 11.8 Å². The van der Waals surface area contributed by atoms with Crippen molar-refractivity contribution in [2.45, 2.75) is 70.8 Å². The fourth-order valence-electron chi connectivity index (χ4n) is 8.45. The minimum absolute atomic E-state index is 0. The smallest absolute Gasteiger partial charge is 0.256 e. The van der Waals surface area contributed by atoms with Crippen molar-refractivity contribution in [3.8, 4) is 0 Å². The van der Waals surface area contributed by atoms with Crippen molar-refractivity contribution in [3.05, 3.63) is 178 Å². The van der Waals surface area contributed by atoms with Crippen LogP contribution in [0.2, 0.25) is 10.0 Å². The van der Waals surface area contributed by atoms with Gasteiger partial charge in [0.1, 0.15) is 23.3 Å². The molecule has 348 valence electrons. The van der Waals surface area contributed by atoms with E-state index < -0.39 is 0 Å². The Morgan fingerprint density at radius 1 is 0.657 bits per heavy atom. The number of fused-ring (bicyclic) bond motifs is 2. The maximum atomic E-state index is 12.5. The number of hydrogen-bond donors (Lipinski definition) is 5. The molecule has 2 saturated carbocycles. The molecular weight excluding hydrogens is 998 g/mol. The van der Waals surface area contributed by atoms with Crippen LogP contribution in [0.4, 0.5) is 11.6 Å². The maximum absolute atomic E-state index is 12.5. The van der Waals surface area contributed by atoms with E-state index in [2.05, 4.69) is 52.7 Å². The van der Waals surface area contributed by atoms with Gasteiger partial charge in [0, 0.05) is 44.5 Å². The standard InChI is InChI=1S/C25H23ClN4O2.C23H19ClN4O.C2H5IO.2CH4/c26-19-6-3-5-17(15-19)23(32)29-22-10-9-18(16-27-22)25(11-4-12-25)24-28-20-7-1-2-8-21(20)30(24)13-14-31;24-17-6-3-5-15(13-17)21(29)28-20-10-9-16(14-25-20)23(11-4-12-23)22-26-18-7-1-2-8-19(18)27-22;3-1-2-4;;/h1-3,5-10,15-16,31H,4,11-14H2,(H,27,29,32);1-3,5-10,13-14H,4,11-12H2,(H,26,27)(H,25,28,29);4H,1-2H2;2*1H4. The third-order valence-electron chi connectivity index (χ3n) is 12.0. The molecule has 0 saturated heterocycles. The summed E-state index contributed by atoms with van der Waals surface area (Å²) in [5, 5.41) is 24.2. The van der Waals surface area contributed by atoms with Gasteiger partial charge < -0.3 is 30.4 Å². The van der Waals surface area contributed by atoms with E-state index in [-0.39, 0.29) is 44.1 Å². The van der Waals surface area contributed by atoms with Crippen molar-refractivity contribution in [1.29, 1.82) is 0 Å². The Morgan fingerprint density at radius 2 is 1.18 bits per heavy atom. The lowest BCUT2D eigenvalue weighted by Crippen LogP contribution is -2.38. The van der Waals surface area contributed by atoms with Gasteiger partial charge in [0.05, 0.1) is 46.1 Å². The Labute approximate surface area is 414 Å². The third kappa shape index (κ3) is 11.0. The maximum Gasteiger partial charge on any atom is 0.256 e. The van der Waals surface area contributed by atoms with Gasteiger partial charge in [-0.2, -0.15) is 0 Å². The van der Waals surface area contributed by atoms with Crippen molar-refractivity contribution in [2.24, 2.45) is 0 Å². The van der Waals surface area contributed by atoms with E-state index in [1.165, 1.54) is 0 Å². The highest BCUT2D eigenvalue weighted by Crippen LogP contribution is 2.50. The number of carbonyl (C=O) groups is 2. The second-order valence-corrected chi connectivity index (χ2v) is 17.9. The summed E-state index contributed by atoms with van der Waals surface area (Å²) in [6.07, 6.45) is 9.94. The van der Waals surface area contributed by atoms with E-state index in [9.17, 15) is 14.7 Å². The van der Waals surface area contributed by atoms with Crippen molar-refractivity contribution in [3.63, 3.8) is 0 Å². The minimum atomic E-state index is -0.254. The van der Waals surface area contributed by atoms with E-state index in [4.69, 9.17) is 38.3 Å². The molecule has 2 aliphatic rings. The number of aromatic amines is 1. The Hall–Kier alpha value is -5.71. The molecule has 2 fully saturated rings. The molecule has 2 amide bonds. The van der Waals surface area contributed by atoms with Gasteiger partial charge in [-0.3, -0.25) is 9.59 Å². The molecule has 0 unspecified atom stereocenters. The number of amides is 2. The number of halogens is 3. The van der Waals surface area contributed by atoms with Crippen LogP contribution in [-0.2, 0) is 17.4 Å². The molecule has 0 radical (unpaired) electrons. The number of aliphatic hydroxyl groups is 2. The van der Waals surface area contributed by atoms with E-state index in [1.54, 1.807) is 48.5 Å². The van der Waals surface area contributed by atoms with Crippen LogP contribution in [0.3, 0.4) is 0 Å². The molecule has 4 aromatic heterocycles. The molecule has 0 aliphatic heterocycles. The van der Waals surface area contributed by atoms with Crippen molar-refractivity contribution < 1.29 is 19.8 Å². The monoisotopic (exact) mass is 1050 g/mol. The van der Waals surface area contributed by atoms with Gasteiger partial charge in [-0.1, -0.05) is 122 Å². The average Bonchev–Trinajstić information content (AvgIpc) is 3.89. The summed E-state index contributed by atoms with van der Waals surface area (Å²) < 4.78 is 2.97. The van der Waals surface area contributed by atoms with E-state index in [1.807, 2.05) is 85.2 Å². The first-order valence-electron chi connectivity index (χ1n) is 21.4. The number of nitrogens with zero attached hydrogens (tertiary/aromatic N) is 5. The number of aromatic nitrogens is 6. The number of aliphatic hydroxyl groups excluding tert-OH is 2. The number of carbonyl (C=O) groups excluding carboxylic acids is 2. The molecule has 4 aromatic carbocycles. The summed E-state index contributed by atoms with van der Waals surface area (Å²) in [5.74, 6) is 2.47. The highest BCUT2D eigenvalue weighted by molar-refractivity contribution is 14.1. The Bertz CT molecular complexity index is 2880. The second kappa shape index (κ2) is 22.9. The topological polar surface area (TPSA) is 171 Å². The van der Waals surface area contributed by atoms with Gasteiger partial charge in [-0.05, 0) is 110 Å². The number of para-hydroxylation sites is 4. The number of imidazole rings is 2. The summed E-state index contributed by atoms with van der Waals surface area (Å²) in [5.41, 5.74) is 6.78. The lowest BCUT2D eigenvalue weighted by atomic mass is 9.64. The van der Waals surface area contributed by atoms with Gasteiger partial charge in [-0.25, -0.2) is 19.9 Å². The molecule has 4 heterocycles. The molecule has 0 atom stereocenters. The van der Waals surface area contributed by atoms with Crippen LogP contribution in [0.5, 0.6) is 0 Å². The molecule has 15 heteroatoms. The lowest BCUT2D eigenvalue weighted by molar-refractivity contribution is 0.101. The summed E-state index contributed by atoms with van der Waals surface area (Å²) >= 11 is 14.1. The highest BCUT2D eigenvalue weighted by Gasteiger charge is 2.45. The van der Waals surface area contributed by atoms with Crippen molar-refractivity contribution in [2.75, 3.05) is 28.3 Å². The molecule has 5 N–H and O–H groups in total. The zero-order chi connectivity index (χ0) is 45.4. The molecule has 12 nitrogen and oxygen atoms in total. The van der Waals surface area contributed by atoms with Gasteiger partial charge in [0.2, 0.25) is 0 Å². The molecule has 8 aromatic rings. The number of benzene rings is 4. The van der Waals surface area contributed by atoms with Gasteiger partial charge in [-0.15, -0.1) is 0 Å².